The second-order valence-electron chi connectivity index (χ2n) is 4.39. The summed E-state index contributed by atoms with van der Waals surface area (Å²) in [6.07, 6.45) is -0.208. The lowest BCUT2D eigenvalue weighted by atomic mass is 10.1. The number of aromatic nitrogens is 1. The molecule has 0 aliphatic carbocycles. The smallest absolute Gasteiger partial charge is 0.343 e. The Morgan fingerprint density at radius 1 is 1.50 bits per heavy atom. The van der Waals surface area contributed by atoms with Crippen molar-refractivity contribution in [3.05, 3.63) is 17.3 Å². The Bertz CT molecular complexity index is 513. The van der Waals surface area contributed by atoms with E-state index in [-0.39, 0.29) is 18.7 Å². The van der Waals surface area contributed by atoms with Crippen LogP contribution in [0.25, 0.3) is 0 Å². The van der Waals surface area contributed by atoms with E-state index in [2.05, 4.69) is 4.98 Å². The number of aryl methyl sites for hydroxylation is 2. The summed E-state index contributed by atoms with van der Waals surface area (Å²) < 4.78 is 19.0. The summed E-state index contributed by atoms with van der Waals surface area (Å²) in [6, 6.07) is 0. The Morgan fingerprint density at radius 2 is 2.17 bits per heavy atom. The van der Waals surface area contributed by atoms with Crippen molar-refractivity contribution in [2.24, 2.45) is 0 Å². The molecule has 1 fully saturated rings. The number of likely N-dealkylation sites (tertiary alicyclic amines) is 1. The predicted molar refractivity (Wildman–Crippen MR) is 58.0 cm³/mol. The van der Waals surface area contributed by atoms with E-state index in [4.69, 9.17) is 9.52 Å². The van der Waals surface area contributed by atoms with E-state index < -0.39 is 24.1 Å². The van der Waals surface area contributed by atoms with E-state index in [0.717, 1.165) is 4.90 Å². The summed E-state index contributed by atoms with van der Waals surface area (Å²) in [5.41, 5.74) is -1.94. The van der Waals surface area contributed by atoms with E-state index in [1.165, 1.54) is 0 Å². The number of hydrogen-bond acceptors (Lipinski definition) is 4. The molecule has 1 aliphatic heterocycles. The first kappa shape index (κ1) is 12.5. The molecule has 0 spiro atoms. The largest absolute Gasteiger partial charge is 0.479 e. The molecule has 1 unspecified atom stereocenters. The van der Waals surface area contributed by atoms with Crippen molar-refractivity contribution in [3.63, 3.8) is 0 Å². The highest BCUT2D eigenvalue weighted by Gasteiger charge is 2.47. The minimum absolute atomic E-state index is 0.0436. The van der Waals surface area contributed by atoms with Crippen molar-refractivity contribution in [1.82, 2.24) is 9.88 Å². The molecule has 0 saturated carbocycles. The van der Waals surface area contributed by atoms with Crippen molar-refractivity contribution < 1.29 is 23.5 Å². The lowest BCUT2D eigenvalue weighted by Crippen LogP contribution is -2.39. The number of carbonyl (C=O) groups is 2. The van der Waals surface area contributed by atoms with Gasteiger partial charge >= 0.3 is 5.97 Å². The molecular weight excluding hydrogens is 243 g/mol. The van der Waals surface area contributed by atoms with Gasteiger partial charge in [-0.1, -0.05) is 0 Å². The Balaban J connectivity index is 2.18. The third kappa shape index (κ3) is 1.96. The highest BCUT2D eigenvalue weighted by Crippen LogP contribution is 2.27. The topological polar surface area (TPSA) is 83.6 Å². The quantitative estimate of drug-likeness (QED) is 0.851. The molecule has 1 aliphatic rings. The van der Waals surface area contributed by atoms with Gasteiger partial charge < -0.3 is 14.4 Å². The van der Waals surface area contributed by atoms with E-state index in [1.54, 1.807) is 13.8 Å². The van der Waals surface area contributed by atoms with Crippen LogP contribution in [0.4, 0.5) is 4.39 Å². The summed E-state index contributed by atoms with van der Waals surface area (Å²) in [4.78, 5) is 27.9. The van der Waals surface area contributed by atoms with E-state index in [9.17, 15) is 14.0 Å². The van der Waals surface area contributed by atoms with Gasteiger partial charge in [0.25, 0.3) is 5.91 Å². The molecular formula is C11H13FN2O4. The zero-order chi connectivity index (χ0) is 13.5. The molecule has 98 valence electrons. The van der Waals surface area contributed by atoms with Crippen LogP contribution < -0.4 is 0 Å². The third-order valence-electron chi connectivity index (χ3n) is 2.99. The number of oxazole rings is 1. The van der Waals surface area contributed by atoms with Crippen molar-refractivity contribution in [2.45, 2.75) is 25.9 Å². The van der Waals surface area contributed by atoms with Gasteiger partial charge in [0.1, 0.15) is 0 Å². The maximum atomic E-state index is 13.8. The fourth-order valence-electron chi connectivity index (χ4n) is 1.99. The Labute approximate surface area is 102 Å². The van der Waals surface area contributed by atoms with Crippen LogP contribution in [0.15, 0.2) is 4.42 Å². The molecule has 1 N–H and O–H groups in total. The molecule has 1 atom stereocenters. The van der Waals surface area contributed by atoms with E-state index in [0.29, 0.717) is 11.6 Å². The number of hydrogen-bond donors (Lipinski definition) is 1. The van der Waals surface area contributed by atoms with Crippen LogP contribution in [-0.2, 0) is 4.79 Å². The minimum atomic E-state index is -2.36. The fraction of sp³-hybridized carbons (Fsp3) is 0.545. The molecule has 0 aromatic carbocycles. The van der Waals surface area contributed by atoms with Crippen LogP contribution in [0, 0.1) is 13.8 Å². The van der Waals surface area contributed by atoms with Crippen LogP contribution in [-0.4, -0.2) is 45.6 Å². The molecule has 1 aromatic heterocycles. The highest BCUT2D eigenvalue weighted by atomic mass is 19.1. The predicted octanol–water partition coefficient (Wildman–Crippen LogP) is 0.930. The highest BCUT2D eigenvalue weighted by molar-refractivity contribution is 5.93. The van der Waals surface area contributed by atoms with Gasteiger partial charge in [0, 0.05) is 19.9 Å². The normalized spacial score (nSPS) is 23.4. The average Bonchev–Trinajstić information content (AvgIpc) is 2.82. The summed E-state index contributed by atoms with van der Waals surface area (Å²) in [6.45, 7) is 2.81. The Hall–Kier alpha value is -1.92. The van der Waals surface area contributed by atoms with Gasteiger partial charge in [0.2, 0.25) is 11.4 Å². The molecule has 2 rings (SSSR count). The number of nitrogens with zero attached hydrogens (tertiary/aromatic N) is 2. The van der Waals surface area contributed by atoms with E-state index in [1.807, 2.05) is 0 Å². The molecule has 0 radical (unpaired) electrons. The molecule has 1 saturated heterocycles. The SMILES string of the molecule is Cc1nc(C)c(C(=O)N2CCC(F)(C(=O)O)C2)o1. The molecule has 18 heavy (non-hydrogen) atoms. The van der Waals surface area contributed by atoms with Crippen molar-refractivity contribution >= 4 is 11.9 Å². The average molecular weight is 256 g/mol. The number of carbonyl (C=O) groups excluding carboxylic acids is 1. The first-order valence-corrected chi connectivity index (χ1v) is 5.49. The molecule has 1 aromatic rings. The number of halogens is 1. The zero-order valence-electron chi connectivity index (χ0n) is 10.1. The third-order valence-corrected chi connectivity index (χ3v) is 2.99. The molecule has 6 nitrogen and oxygen atoms in total. The van der Waals surface area contributed by atoms with Gasteiger partial charge in [-0.25, -0.2) is 14.2 Å². The van der Waals surface area contributed by atoms with Gasteiger partial charge in [-0.15, -0.1) is 0 Å². The number of amides is 1. The summed E-state index contributed by atoms with van der Waals surface area (Å²) in [5, 5.41) is 8.75. The van der Waals surface area contributed by atoms with Gasteiger partial charge in [-0.3, -0.25) is 4.79 Å². The van der Waals surface area contributed by atoms with Gasteiger partial charge in [-0.2, -0.15) is 0 Å². The second-order valence-corrected chi connectivity index (χ2v) is 4.39. The number of alkyl halides is 1. The molecule has 0 bridgehead atoms. The van der Waals surface area contributed by atoms with Crippen LogP contribution in [0.3, 0.4) is 0 Å². The van der Waals surface area contributed by atoms with Gasteiger partial charge in [-0.05, 0) is 6.92 Å². The maximum absolute atomic E-state index is 13.8. The Morgan fingerprint density at radius 3 is 2.61 bits per heavy atom. The lowest BCUT2D eigenvalue weighted by Gasteiger charge is -2.16. The Kier molecular flexibility index (Phi) is 2.84. The van der Waals surface area contributed by atoms with E-state index >= 15 is 0 Å². The number of aliphatic carboxylic acids is 1. The van der Waals surface area contributed by atoms with Gasteiger partial charge in [0.05, 0.1) is 12.2 Å². The number of carboxylic acid groups (broad SMARTS) is 1. The number of carboxylic acids is 1. The van der Waals surface area contributed by atoms with Crippen molar-refractivity contribution in [3.8, 4) is 0 Å². The standard InChI is InChI=1S/C11H13FN2O4/c1-6-8(18-7(2)13-6)9(15)14-4-3-11(12,5-14)10(16)17/h3-5H2,1-2H3,(H,16,17). The van der Waals surface area contributed by atoms with Crippen LogP contribution in [0.1, 0.15) is 28.6 Å². The summed E-state index contributed by atoms with van der Waals surface area (Å²) in [5.74, 6) is -1.67. The van der Waals surface area contributed by atoms with Crippen molar-refractivity contribution in [1.29, 1.82) is 0 Å². The first-order valence-electron chi connectivity index (χ1n) is 5.49. The number of rotatable bonds is 2. The minimum Gasteiger partial charge on any atom is -0.479 e. The maximum Gasteiger partial charge on any atom is 0.343 e. The molecule has 7 heteroatoms. The fourth-order valence-corrected chi connectivity index (χ4v) is 1.99. The van der Waals surface area contributed by atoms with Gasteiger partial charge in [0.15, 0.2) is 5.89 Å². The van der Waals surface area contributed by atoms with Crippen LogP contribution >= 0.6 is 0 Å². The van der Waals surface area contributed by atoms with Crippen LogP contribution in [0.2, 0.25) is 0 Å². The second kappa shape index (κ2) is 4.08. The zero-order valence-corrected chi connectivity index (χ0v) is 10.1. The van der Waals surface area contributed by atoms with Crippen LogP contribution in [0.5, 0.6) is 0 Å². The molecule has 2 heterocycles. The first-order chi connectivity index (χ1) is 8.33. The lowest BCUT2D eigenvalue weighted by molar-refractivity contribution is -0.149. The summed E-state index contributed by atoms with van der Waals surface area (Å²) >= 11 is 0. The monoisotopic (exact) mass is 256 g/mol. The van der Waals surface area contributed by atoms with Crippen molar-refractivity contribution in [2.75, 3.05) is 13.1 Å². The molecule has 1 amide bonds. The summed E-state index contributed by atoms with van der Waals surface area (Å²) in [7, 11) is 0.